The van der Waals surface area contributed by atoms with Crippen LogP contribution in [0.15, 0.2) is 48.5 Å². The molecule has 2 atom stereocenters. The molecule has 0 spiro atoms. The number of ether oxygens (including phenoxy) is 2. The molecule has 2 N–H and O–H groups in total. The third-order valence-corrected chi connectivity index (χ3v) is 4.24. The Bertz CT molecular complexity index is 775. The first-order chi connectivity index (χ1) is 12.0. The Balaban J connectivity index is 1.52. The van der Waals surface area contributed by atoms with Crippen LogP contribution in [0.2, 0.25) is 0 Å². The Morgan fingerprint density at radius 1 is 1.20 bits per heavy atom. The van der Waals surface area contributed by atoms with Crippen LogP contribution in [0.3, 0.4) is 0 Å². The molecule has 2 aromatic carbocycles. The van der Waals surface area contributed by atoms with E-state index in [0.29, 0.717) is 5.75 Å². The van der Waals surface area contributed by atoms with Gasteiger partial charge in [-0.3, -0.25) is 0 Å². The minimum atomic E-state index is -0.971. The van der Waals surface area contributed by atoms with Crippen LogP contribution in [0.5, 0.6) is 5.75 Å². The van der Waals surface area contributed by atoms with Crippen molar-refractivity contribution in [1.29, 1.82) is 0 Å². The van der Waals surface area contributed by atoms with Gasteiger partial charge in [-0.2, -0.15) is 0 Å². The molecule has 0 radical (unpaired) electrons. The number of fused-ring (bicyclic) bond motifs is 1. The summed E-state index contributed by atoms with van der Waals surface area (Å²) in [6.45, 7) is 2.43. The third kappa shape index (κ3) is 3.91. The second kappa shape index (κ2) is 7.25. The second-order valence-electron chi connectivity index (χ2n) is 5.95. The average Bonchev–Trinajstić information content (AvgIpc) is 2.94. The lowest BCUT2D eigenvalue weighted by atomic mass is 9.96. The van der Waals surface area contributed by atoms with Crippen molar-refractivity contribution in [1.82, 2.24) is 5.32 Å². The number of alkyl carbamates (subject to hydrolysis) is 1. The molecule has 1 amide bonds. The number of benzene rings is 2. The van der Waals surface area contributed by atoms with Gasteiger partial charge in [0.2, 0.25) is 0 Å². The van der Waals surface area contributed by atoms with Gasteiger partial charge >= 0.3 is 12.1 Å². The average molecular weight is 341 g/mol. The van der Waals surface area contributed by atoms with Crippen LogP contribution >= 0.6 is 0 Å². The van der Waals surface area contributed by atoms with Crippen LogP contribution in [-0.2, 0) is 11.3 Å². The Morgan fingerprint density at radius 3 is 2.68 bits per heavy atom. The second-order valence-corrected chi connectivity index (χ2v) is 5.95. The molecule has 6 heteroatoms. The molecule has 130 valence electrons. The summed E-state index contributed by atoms with van der Waals surface area (Å²) < 4.78 is 11.0. The summed E-state index contributed by atoms with van der Waals surface area (Å²) in [7, 11) is 0. The van der Waals surface area contributed by atoms with Crippen molar-refractivity contribution >= 4 is 12.1 Å². The standard InChI is InChI=1S/C19H19NO5/c1-12-15-9-14(18(21)22)7-8-16(15)25-17(12)10-20-19(23)24-11-13-5-3-2-4-6-13/h2-9,12,17H,10-11H2,1H3,(H,20,23)(H,21,22)/t12-,17-/m0/s1. The van der Waals surface area contributed by atoms with Gasteiger partial charge in [-0.25, -0.2) is 9.59 Å². The van der Waals surface area contributed by atoms with E-state index in [-0.39, 0.29) is 30.7 Å². The zero-order valence-electron chi connectivity index (χ0n) is 13.8. The molecule has 25 heavy (non-hydrogen) atoms. The van der Waals surface area contributed by atoms with Crippen LogP contribution in [0.1, 0.15) is 34.3 Å². The van der Waals surface area contributed by atoms with E-state index in [9.17, 15) is 9.59 Å². The van der Waals surface area contributed by atoms with Crippen LogP contribution in [0.25, 0.3) is 0 Å². The van der Waals surface area contributed by atoms with Crippen LogP contribution in [0, 0.1) is 0 Å². The first-order valence-electron chi connectivity index (χ1n) is 8.03. The molecule has 1 heterocycles. The molecule has 2 aromatic rings. The molecule has 0 saturated carbocycles. The molecule has 6 nitrogen and oxygen atoms in total. The molecule has 1 aliphatic rings. The van der Waals surface area contributed by atoms with Crippen molar-refractivity contribution < 1.29 is 24.2 Å². The summed E-state index contributed by atoms with van der Waals surface area (Å²) in [5, 5.41) is 11.8. The number of hydrogen-bond acceptors (Lipinski definition) is 4. The predicted octanol–water partition coefficient (Wildman–Crippen LogP) is 3.18. The van der Waals surface area contributed by atoms with Crippen LogP contribution < -0.4 is 10.1 Å². The van der Waals surface area contributed by atoms with E-state index in [1.54, 1.807) is 12.1 Å². The summed E-state index contributed by atoms with van der Waals surface area (Å²) in [5.41, 5.74) is 1.98. The Kier molecular flexibility index (Phi) is 4.88. The van der Waals surface area contributed by atoms with E-state index in [1.165, 1.54) is 6.07 Å². The number of nitrogens with one attached hydrogen (secondary N) is 1. The fourth-order valence-corrected chi connectivity index (χ4v) is 2.79. The Hall–Kier alpha value is -3.02. The van der Waals surface area contributed by atoms with Crippen molar-refractivity contribution in [3.8, 4) is 5.75 Å². The monoisotopic (exact) mass is 341 g/mol. The largest absolute Gasteiger partial charge is 0.488 e. The summed E-state index contributed by atoms with van der Waals surface area (Å²) >= 11 is 0. The van der Waals surface area contributed by atoms with Crippen molar-refractivity contribution in [2.45, 2.75) is 25.6 Å². The van der Waals surface area contributed by atoms with E-state index < -0.39 is 12.1 Å². The van der Waals surface area contributed by atoms with Gasteiger partial charge in [-0.1, -0.05) is 37.3 Å². The summed E-state index contributed by atoms with van der Waals surface area (Å²) in [5.74, 6) is -0.341. The number of carbonyl (C=O) groups is 2. The van der Waals surface area contributed by atoms with E-state index in [1.807, 2.05) is 37.3 Å². The maximum Gasteiger partial charge on any atom is 0.407 e. The van der Waals surface area contributed by atoms with Gasteiger partial charge in [-0.15, -0.1) is 0 Å². The van der Waals surface area contributed by atoms with Gasteiger partial charge in [0, 0.05) is 11.5 Å². The molecule has 1 aliphatic heterocycles. The van der Waals surface area contributed by atoms with Gasteiger partial charge in [0.05, 0.1) is 12.1 Å². The lowest BCUT2D eigenvalue weighted by molar-refractivity contribution is 0.0696. The molecular weight excluding hydrogens is 322 g/mol. The lowest BCUT2D eigenvalue weighted by Gasteiger charge is -2.16. The minimum absolute atomic E-state index is 0.0243. The summed E-state index contributed by atoms with van der Waals surface area (Å²) in [6, 6.07) is 14.2. The molecule has 0 aromatic heterocycles. The first-order valence-corrected chi connectivity index (χ1v) is 8.03. The van der Waals surface area contributed by atoms with E-state index in [4.69, 9.17) is 14.6 Å². The number of carboxylic acids is 1. The van der Waals surface area contributed by atoms with Crippen LogP contribution in [-0.4, -0.2) is 29.8 Å². The van der Waals surface area contributed by atoms with Gasteiger partial charge < -0.3 is 19.9 Å². The molecular formula is C19H19NO5. The van der Waals surface area contributed by atoms with Crippen molar-refractivity contribution in [2.24, 2.45) is 0 Å². The molecule has 3 rings (SSSR count). The minimum Gasteiger partial charge on any atom is -0.488 e. The predicted molar refractivity (Wildman–Crippen MR) is 90.9 cm³/mol. The van der Waals surface area contributed by atoms with Crippen molar-refractivity contribution in [2.75, 3.05) is 6.54 Å². The van der Waals surface area contributed by atoms with Gasteiger partial charge in [-0.05, 0) is 23.8 Å². The molecule has 0 bridgehead atoms. The maximum absolute atomic E-state index is 11.8. The number of aromatic carboxylic acids is 1. The summed E-state index contributed by atoms with van der Waals surface area (Å²) in [6.07, 6.45) is -0.773. The Labute approximate surface area is 145 Å². The van der Waals surface area contributed by atoms with E-state index in [2.05, 4.69) is 5.32 Å². The Morgan fingerprint density at radius 2 is 1.96 bits per heavy atom. The lowest BCUT2D eigenvalue weighted by Crippen LogP contribution is -2.36. The van der Waals surface area contributed by atoms with E-state index in [0.717, 1.165) is 11.1 Å². The fourth-order valence-electron chi connectivity index (χ4n) is 2.79. The SMILES string of the molecule is C[C@H]1c2cc(C(=O)O)ccc2O[C@H]1CNC(=O)OCc1ccccc1. The number of hydrogen-bond donors (Lipinski definition) is 2. The number of carbonyl (C=O) groups excluding carboxylic acids is 1. The van der Waals surface area contributed by atoms with E-state index >= 15 is 0 Å². The molecule has 0 unspecified atom stereocenters. The van der Waals surface area contributed by atoms with Crippen molar-refractivity contribution in [3.63, 3.8) is 0 Å². The quantitative estimate of drug-likeness (QED) is 0.872. The van der Waals surface area contributed by atoms with Gasteiger partial charge in [0.15, 0.2) is 0 Å². The summed E-state index contributed by atoms with van der Waals surface area (Å²) in [4.78, 5) is 22.9. The van der Waals surface area contributed by atoms with Crippen LogP contribution in [0.4, 0.5) is 4.79 Å². The fraction of sp³-hybridized carbons (Fsp3) is 0.263. The van der Waals surface area contributed by atoms with Gasteiger partial charge in [0.1, 0.15) is 18.5 Å². The highest BCUT2D eigenvalue weighted by Gasteiger charge is 2.32. The molecule has 0 fully saturated rings. The highest BCUT2D eigenvalue weighted by atomic mass is 16.5. The third-order valence-electron chi connectivity index (χ3n) is 4.24. The van der Waals surface area contributed by atoms with Crippen molar-refractivity contribution in [3.05, 3.63) is 65.2 Å². The number of amides is 1. The van der Waals surface area contributed by atoms with Gasteiger partial charge in [0.25, 0.3) is 0 Å². The first kappa shape index (κ1) is 16.8. The maximum atomic E-state index is 11.8. The zero-order valence-corrected chi connectivity index (χ0v) is 13.8. The molecule has 0 aliphatic carbocycles. The zero-order chi connectivity index (χ0) is 17.8. The smallest absolute Gasteiger partial charge is 0.407 e. The highest BCUT2D eigenvalue weighted by Crippen LogP contribution is 2.38. The topological polar surface area (TPSA) is 84.9 Å². The highest BCUT2D eigenvalue weighted by molar-refractivity contribution is 5.88. The normalized spacial score (nSPS) is 18.1. The molecule has 0 saturated heterocycles. The number of rotatable bonds is 5. The number of carboxylic acid groups (broad SMARTS) is 1.